The lowest BCUT2D eigenvalue weighted by Gasteiger charge is -2.28. The van der Waals surface area contributed by atoms with Crippen LogP contribution in [0.15, 0.2) is 52.0 Å². The zero-order valence-electron chi connectivity index (χ0n) is 15.5. The van der Waals surface area contributed by atoms with Crippen molar-refractivity contribution in [2.45, 2.75) is 37.6 Å². The monoisotopic (exact) mass is 420 g/mol. The number of allylic oxidation sites excluding steroid dienone is 1. The van der Waals surface area contributed by atoms with Gasteiger partial charge in [-0.1, -0.05) is 13.8 Å². The Labute approximate surface area is 162 Å². The molecular weight excluding hydrogens is 397 g/mol. The van der Waals surface area contributed by atoms with Gasteiger partial charge in [0.25, 0.3) is 0 Å². The molecule has 0 aromatic heterocycles. The summed E-state index contributed by atoms with van der Waals surface area (Å²) in [7, 11) is -4.00. The van der Waals surface area contributed by atoms with E-state index in [9.17, 15) is 26.7 Å². The normalized spacial score (nSPS) is 16.6. The van der Waals surface area contributed by atoms with Gasteiger partial charge in [-0.15, -0.1) is 13.2 Å². The van der Waals surface area contributed by atoms with Gasteiger partial charge in [-0.2, -0.15) is 0 Å². The number of hydrogen-bond donors (Lipinski definition) is 2. The molecule has 1 aliphatic rings. The smallest absolute Gasteiger partial charge is 0.406 e. The maximum Gasteiger partial charge on any atom is 0.573 e. The first kappa shape index (κ1) is 22.1. The minimum Gasteiger partial charge on any atom is -0.406 e. The van der Waals surface area contributed by atoms with Crippen molar-refractivity contribution in [2.24, 2.45) is 11.7 Å². The molecule has 0 saturated carbocycles. The number of nitrogens with two attached hydrogens (primary N) is 1. The molecule has 28 heavy (non-hydrogen) atoms. The van der Waals surface area contributed by atoms with Crippen molar-refractivity contribution in [3.63, 3.8) is 0 Å². The van der Waals surface area contributed by atoms with Crippen LogP contribution < -0.4 is 10.5 Å². The molecule has 0 spiro atoms. The van der Waals surface area contributed by atoms with Crippen molar-refractivity contribution in [3.8, 4) is 5.75 Å². The summed E-state index contributed by atoms with van der Waals surface area (Å²) in [6, 6.07) is 3.93. The van der Waals surface area contributed by atoms with Gasteiger partial charge in [-0.3, -0.25) is 0 Å². The minimum absolute atomic E-state index is 0.0995. The molecule has 0 saturated heterocycles. The highest BCUT2D eigenvalue weighted by Gasteiger charge is 2.31. The molecule has 156 valence electrons. The maximum atomic E-state index is 12.8. The van der Waals surface area contributed by atoms with E-state index in [4.69, 9.17) is 5.73 Å². The number of halogens is 3. The Bertz CT molecular complexity index is 847. The highest BCUT2D eigenvalue weighted by atomic mass is 32.2. The predicted octanol–water partition coefficient (Wildman–Crippen LogP) is 2.77. The van der Waals surface area contributed by atoms with E-state index in [1.54, 1.807) is 4.90 Å². The number of aliphatic hydroxyl groups excluding tert-OH is 1. The van der Waals surface area contributed by atoms with Crippen molar-refractivity contribution in [2.75, 3.05) is 13.1 Å². The number of ether oxygens (including phenoxy) is 1. The third-order valence-corrected chi connectivity index (χ3v) is 5.63. The highest BCUT2D eigenvalue weighted by Crippen LogP contribution is 2.28. The average Bonchev–Trinajstić information content (AvgIpc) is 2.52. The lowest BCUT2D eigenvalue weighted by molar-refractivity contribution is -0.274. The van der Waals surface area contributed by atoms with Crippen molar-refractivity contribution < 1.29 is 31.4 Å². The fraction of sp³-hybridized carbons (Fsp3) is 0.444. The molecule has 1 unspecified atom stereocenters. The standard InChI is InChI=1S/C18H23F3N2O4S/c1-12(2)7-14(24)10-23-9-13(22)8-17(11-23)28(25,26)16-5-3-15(4-6-16)27-18(19,20)21/h3-6,8,11-12,14,24H,7,9-10,22H2,1-2H3. The molecule has 0 amide bonds. The first-order valence-electron chi connectivity index (χ1n) is 8.57. The fourth-order valence-corrected chi connectivity index (χ4v) is 4.20. The lowest BCUT2D eigenvalue weighted by Crippen LogP contribution is -2.34. The molecule has 2 rings (SSSR count). The van der Waals surface area contributed by atoms with Gasteiger partial charge >= 0.3 is 6.36 Å². The molecule has 3 N–H and O–H groups in total. The Morgan fingerprint density at radius 2 is 1.86 bits per heavy atom. The Hall–Kier alpha value is -2.20. The van der Waals surface area contributed by atoms with Crippen LogP contribution in [0.3, 0.4) is 0 Å². The van der Waals surface area contributed by atoms with Crippen LogP contribution in [0.1, 0.15) is 20.3 Å². The molecule has 10 heteroatoms. The van der Waals surface area contributed by atoms with Gasteiger partial charge in [-0.05, 0) is 42.7 Å². The molecule has 1 aromatic carbocycles. The number of sulfone groups is 1. The van der Waals surface area contributed by atoms with Crippen LogP contribution in [-0.4, -0.2) is 44.0 Å². The summed E-state index contributed by atoms with van der Waals surface area (Å²) in [5, 5.41) is 10.1. The van der Waals surface area contributed by atoms with Crippen molar-refractivity contribution in [1.82, 2.24) is 4.90 Å². The Balaban J connectivity index is 2.22. The van der Waals surface area contributed by atoms with E-state index in [1.807, 2.05) is 13.8 Å². The first-order chi connectivity index (χ1) is 12.9. The summed E-state index contributed by atoms with van der Waals surface area (Å²) >= 11 is 0. The topological polar surface area (TPSA) is 92.9 Å². The Morgan fingerprint density at radius 1 is 1.25 bits per heavy atom. The maximum absolute atomic E-state index is 12.8. The summed E-state index contributed by atoms with van der Waals surface area (Å²) in [5.74, 6) is -0.241. The van der Waals surface area contributed by atoms with E-state index < -0.39 is 28.1 Å². The van der Waals surface area contributed by atoms with Crippen molar-refractivity contribution >= 4 is 9.84 Å². The summed E-state index contributed by atoms with van der Waals surface area (Å²) < 4.78 is 66.1. The number of rotatable bonds is 7. The molecular formula is C18H23F3N2O4S. The summed E-state index contributed by atoms with van der Waals surface area (Å²) in [5.41, 5.74) is 6.15. The minimum atomic E-state index is -4.86. The summed E-state index contributed by atoms with van der Waals surface area (Å²) in [4.78, 5) is 1.32. The molecule has 0 fully saturated rings. The highest BCUT2D eigenvalue weighted by molar-refractivity contribution is 7.95. The van der Waals surface area contributed by atoms with Gasteiger partial charge < -0.3 is 20.5 Å². The summed E-state index contributed by atoms with van der Waals surface area (Å²) in [6.45, 7) is 4.41. The molecule has 1 aliphatic heterocycles. The predicted molar refractivity (Wildman–Crippen MR) is 97.7 cm³/mol. The van der Waals surface area contributed by atoms with E-state index in [0.717, 1.165) is 24.3 Å². The summed E-state index contributed by atoms with van der Waals surface area (Å²) in [6.07, 6.45) is -2.27. The number of β-amino-alcohol motifs (C(OH)–C–C–N with tert-alkyl or cyclic N) is 1. The van der Waals surface area contributed by atoms with Gasteiger partial charge in [0.1, 0.15) is 5.75 Å². The van der Waals surface area contributed by atoms with E-state index in [2.05, 4.69) is 4.74 Å². The molecule has 0 radical (unpaired) electrons. The van der Waals surface area contributed by atoms with Crippen LogP contribution in [0.2, 0.25) is 0 Å². The number of alkyl halides is 3. The fourth-order valence-electron chi connectivity index (χ4n) is 2.84. The van der Waals surface area contributed by atoms with Gasteiger partial charge in [0.2, 0.25) is 9.84 Å². The second-order valence-electron chi connectivity index (χ2n) is 6.99. The molecule has 1 aromatic rings. The van der Waals surface area contributed by atoms with Crippen LogP contribution in [-0.2, 0) is 9.84 Å². The van der Waals surface area contributed by atoms with Crippen LogP contribution in [0.5, 0.6) is 5.75 Å². The molecule has 1 heterocycles. The number of hydrogen-bond acceptors (Lipinski definition) is 6. The molecule has 6 nitrogen and oxygen atoms in total. The number of nitrogens with zero attached hydrogens (tertiary/aromatic N) is 1. The van der Waals surface area contributed by atoms with Crippen molar-refractivity contribution in [3.05, 3.63) is 47.1 Å². The largest absolute Gasteiger partial charge is 0.573 e. The Morgan fingerprint density at radius 3 is 2.39 bits per heavy atom. The molecule has 0 bridgehead atoms. The van der Waals surface area contributed by atoms with E-state index >= 15 is 0 Å². The third kappa shape index (κ3) is 6.16. The molecule has 0 aliphatic carbocycles. The van der Waals surface area contributed by atoms with Gasteiger partial charge in [0.15, 0.2) is 0 Å². The number of aliphatic hydroxyl groups is 1. The van der Waals surface area contributed by atoms with Gasteiger partial charge in [-0.25, -0.2) is 8.42 Å². The van der Waals surface area contributed by atoms with Crippen molar-refractivity contribution in [1.29, 1.82) is 0 Å². The Kier molecular flexibility index (Phi) is 6.66. The van der Waals surface area contributed by atoms with E-state index in [0.29, 0.717) is 12.1 Å². The zero-order chi connectivity index (χ0) is 21.1. The zero-order valence-corrected chi connectivity index (χ0v) is 16.3. The van der Waals surface area contributed by atoms with Crippen LogP contribution in [0.25, 0.3) is 0 Å². The average molecular weight is 420 g/mol. The third-order valence-electron chi connectivity index (χ3n) is 3.89. The van der Waals surface area contributed by atoms with E-state index in [-0.39, 0.29) is 28.8 Å². The lowest BCUT2D eigenvalue weighted by atomic mass is 10.1. The van der Waals surface area contributed by atoms with Gasteiger partial charge in [0, 0.05) is 18.4 Å². The first-order valence-corrected chi connectivity index (χ1v) is 10.1. The molecule has 1 atom stereocenters. The number of benzene rings is 1. The SMILES string of the molecule is CC(C)CC(O)CN1C=C(S(=O)(=O)c2ccc(OC(F)(F)F)cc2)C=C(N)C1. The second kappa shape index (κ2) is 8.44. The van der Waals surface area contributed by atoms with Crippen LogP contribution >= 0.6 is 0 Å². The van der Waals surface area contributed by atoms with Crippen LogP contribution in [0, 0.1) is 5.92 Å². The second-order valence-corrected chi connectivity index (χ2v) is 8.94. The van der Waals surface area contributed by atoms with Gasteiger partial charge in [0.05, 0.1) is 22.4 Å². The van der Waals surface area contributed by atoms with E-state index in [1.165, 1.54) is 12.3 Å². The quantitative estimate of drug-likeness (QED) is 0.705. The van der Waals surface area contributed by atoms with Crippen LogP contribution in [0.4, 0.5) is 13.2 Å².